The summed E-state index contributed by atoms with van der Waals surface area (Å²) in [7, 11) is 0. The zero-order valence-electron chi connectivity index (χ0n) is 14.4. The largest absolute Gasteiger partial charge is 0.445 e. The van der Waals surface area contributed by atoms with E-state index in [1.807, 2.05) is 54.6 Å². The minimum atomic E-state index is -0.342. The average molecular weight is 351 g/mol. The van der Waals surface area contributed by atoms with Crippen LogP contribution < -0.4 is 10.6 Å². The molecule has 4 rings (SSSR count). The first-order valence-corrected chi connectivity index (χ1v) is 8.79. The summed E-state index contributed by atoms with van der Waals surface area (Å²) >= 11 is 0. The van der Waals surface area contributed by atoms with Gasteiger partial charge in [-0.3, -0.25) is 4.79 Å². The number of hydrogen-bond acceptors (Lipinski definition) is 4. The maximum absolute atomic E-state index is 12.4. The Morgan fingerprint density at radius 1 is 1.08 bits per heavy atom. The summed E-state index contributed by atoms with van der Waals surface area (Å²) in [5.41, 5.74) is 3.14. The van der Waals surface area contributed by atoms with Crippen molar-refractivity contribution in [2.24, 2.45) is 0 Å². The van der Waals surface area contributed by atoms with Gasteiger partial charge in [0.2, 0.25) is 5.91 Å². The molecule has 2 aromatic rings. The van der Waals surface area contributed by atoms with Crippen molar-refractivity contribution in [3.63, 3.8) is 0 Å². The highest BCUT2D eigenvalue weighted by molar-refractivity contribution is 5.87. The molecule has 0 saturated carbocycles. The summed E-state index contributed by atoms with van der Waals surface area (Å²) in [6.45, 7) is 1.23. The first-order valence-electron chi connectivity index (χ1n) is 8.79. The normalized spacial score (nSPS) is 18.5. The fourth-order valence-corrected chi connectivity index (χ4v) is 3.29. The smallest absolute Gasteiger partial charge is 0.410 e. The molecule has 2 amide bonds. The number of amides is 2. The van der Waals surface area contributed by atoms with Crippen LogP contribution in [0.25, 0.3) is 0 Å². The molecule has 2 aliphatic rings. The second kappa shape index (κ2) is 7.07. The molecule has 2 N–H and O–H groups in total. The van der Waals surface area contributed by atoms with Crippen LogP contribution in [0.1, 0.15) is 11.1 Å². The Balaban J connectivity index is 1.19. The van der Waals surface area contributed by atoms with Gasteiger partial charge in [0.25, 0.3) is 0 Å². The standard InChI is InChI=1S/C20H21N3O3/c24-19(18-10-15-8-4-5-9-17(15)22-18)21-16-11-23(12-16)20(25)26-13-14-6-2-1-3-7-14/h1-9,16,18,22H,10-13H2,(H,21,24)/t18-/m0/s1. The molecule has 0 aromatic heterocycles. The van der Waals surface area contributed by atoms with Crippen LogP contribution in [0.2, 0.25) is 0 Å². The van der Waals surface area contributed by atoms with Gasteiger partial charge in [0, 0.05) is 25.2 Å². The van der Waals surface area contributed by atoms with Gasteiger partial charge >= 0.3 is 6.09 Å². The molecule has 2 aliphatic heterocycles. The van der Waals surface area contributed by atoms with E-state index >= 15 is 0 Å². The molecule has 2 aromatic carbocycles. The second-order valence-electron chi connectivity index (χ2n) is 6.71. The number of anilines is 1. The van der Waals surface area contributed by atoms with E-state index in [-0.39, 0.29) is 30.7 Å². The van der Waals surface area contributed by atoms with Gasteiger partial charge in [-0.2, -0.15) is 0 Å². The third-order valence-corrected chi connectivity index (χ3v) is 4.78. The predicted molar refractivity (Wildman–Crippen MR) is 97.7 cm³/mol. The zero-order valence-corrected chi connectivity index (χ0v) is 14.4. The minimum absolute atomic E-state index is 0.0164. The molecular formula is C20H21N3O3. The van der Waals surface area contributed by atoms with E-state index in [1.54, 1.807) is 4.90 Å². The van der Waals surface area contributed by atoms with E-state index in [9.17, 15) is 9.59 Å². The zero-order chi connectivity index (χ0) is 17.9. The number of rotatable bonds is 4. The molecular weight excluding hydrogens is 330 g/mol. The fourth-order valence-electron chi connectivity index (χ4n) is 3.29. The van der Waals surface area contributed by atoms with Crippen molar-refractivity contribution in [3.8, 4) is 0 Å². The average Bonchev–Trinajstić information content (AvgIpc) is 3.07. The molecule has 1 atom stereocenters. The number of nitrogens with zero attached hydrogens (tertiary/aromatic N) is 1. The van der Waals surface area contributed by atoms with Crippen LogP contribution in [0.4, 0.5) is 10.5 Å². The molecule has 0 unspecified atom stereocenters. The number of benzene rings is 2. The second-order valence-corrected chi connectivity index (χ2v) is 6.71. The molecule has 1 saturated heterocycles. The third kappa shape index (κ3) is 3.49. The van der Waals surface area contributed by atoms with Gasteiger partial charge in [-0.1, -0.05) is 48.5 Å². The Morgan fingerprint density at radius 2 is 1.81 bits per heavy atom. The molecule has 26 heavy (non-hydrogen) atoms. The molecule has 0 radical (unpaired) electrons. The van der Waals surface area contributed by atoms with Crippen LogP contribution in [0.5, 0.6) is 0 Å². The lowest BCUT2D eigenvalue weighted by Crippen LogP contribution is -2.62. The molecule has 0 bridgehead atoms. The van der Waals surface area contributed by atoms with E-state index in [1.165, 1.54) is 0 Å². The number of carbonyl (C=O) groups excluding carboxylic acids is 2. The quantitative estimate of drug-likeness (QED) is 0.886. The number of para-hydroxylation sites is 1. The van der Waals surface area contributed by atoms with Gasteiger partial charge in [0.1, 0.15) is 12.6 Å². The first-order chi connectivity index (χ1) is 12.7. The van der Waals surface area contributed by atoms with Crippen molar-refractivity contribution in [3.05, 3.63) is 65.7 Å². The molecule has 6 heteroatoms. The Bertz CT molecular complexity index is 778. The monoisotopic (exact) mass is 351 g/mol. The maximum atomic E-state index is 12.4. The van der Waals surface area contributed by atoms with Crippen LogP contribution in [-0.2, 0) is 22.6 Å². The van der Waals surface area contributed by atoms with Gasteiger partial charge < -0.3 is 20.3 Å². The van der Waals surface area contributed by atoms with Crippen LogP contribution >= 0.6 is 0 Å². The van der Waals surface area contributed by atoms with E-state index < -0.39 is 0 Å². The van der Waals surface area contributed by atoms with Gasteiger partial charge in [-0.05, 0) is 17.2 Å². The van der Waals surface area contributed by atoms with E-state index in [0.29, 0.717) is 19.5 Å². The van der Waals surface area contributed by atoms with Gasteiger partial charge in [-0.15, -0.1) is 0 Å². The molecule has 134 valence electrons. The Morgan fingerprint density at radius 3 is 2.58 bits per heavy atom. The number of carbonyl (C=O) groups is 2. The Hall–Kier alpha value is -3.02. The number of hydrogen-bond donors (Lipinski definition) is 2. The SMILES string of the molecule is O=C(NC1CN(C(=O)OCc2ccccc2)C1)[C@@H]1Cc2ccccc2N1. The van der Waals surface area contributed by atoms with Crippen molar-refractivity contribution in [2.45, 2.75) is 25.1 Å². The Labute approximate surface area is 152 Å². The predicted octanol–water partition coefficient (Wildman–Crippen LogP) is 2.16. The summed E-state index contributed by atoms with van der Waals surface area (Å²) in [6, 6.07) is 17.3. The van der Waals surface area contributed by atoms with Crippen LogP contribution in [0.15, 0.2) is 54.6 Å². The number of fused-ring (bicyclic) bond motifs is 1. The molecule has 0 aliphatic carbocycles. The molecule has 0 spiro atoms. The highest BCUT2D eigenvalue weighted by Gasteiger charge is 2.35. The Kier molecular flexibility index (Phi) is 4.48. The number of ether oxygens (including phenoxy) is 1. The van der Waals surface area contributed by atoms with E-state index in [2.05, 4.69) is 10.6 Å². The number of nitrogens with one attached hydrogen (secondary N) is 2. The van der Waals surface area contributed by atoms with Gasteiger partial charge in [0.15, 0.2) is 0 Å². The lowest BCUT2D eigenvalue weighted by atomic mass is 10.1. The van der Waals surface area contributed by atoms with Crippen LogP contribution in [0, 0.1) is 0 Å². The van der Waals surface area contributed by atoms with Crippen molar-refractivity contribution in [1.29, 1.82) is 0 Å². The maximum Gasteiger partial charge on any atom is 0.410 e. The van der Waals surface area contributed by atoms with E-state index in [0.717, 1.165) is 16.8 Å². The van der Waals surface area contributed by atoms with Gasteiger partial charge in [-0.25, -0.2) is 4.79 Å². The summed E-state index contributed by atoms with van der Waals surface area (Å²) in [5, 5.41) is 6.24. The van der Waals surface area contributed by atoms with Crippen molar-refractivity contribution >= 4 is 17.7 Å². The molecule has 2 heterocycles. The van der Waals surface area contributed by atoms with Crippen LogP contribution in [-0.4, -0.2) is 42.1 Å². The lowest BCUT2D eigenvalue weighted by Gasteiger charge is -2.39. The summed E-state index contributed by atoms with van der Waals surface area (Å²) in [6.07, 6.45) is 0.350. The minimum Gasteiger partial charge on any atom is -0.445 e. The third-order valence-electron chi connectivity index (χ3n) is 4.78. The summed E-state index contributed by atoms with van der Waals surface area (Å²) < 4.78 is 5.29. The fraction of sp³-hybridized carbons (Fsp3) is 0.300. The topological polar surface area (TPSA) is 70.7 Å². The van der Waals surface area contributed by atoms with Crippen molar-refractivity contribution in [1.82, 2.24) is 10.2 Å². The number of likely N-dealkylation sites (tertiary alicyclic amines) is 1. The van der Waals surface area contributed by atoms with Gasteiger partial charge in [0.05, 0.1) is 6.04 Å². The highest BCUT2D eigenvalue weighted by atomic mass is 16.6. The van der Waals surface area contributed by atoms with Crippen molar-refractivity contribution < 1.29 is 14.3 Å². The summed E-state index contributed by atoms with van der Waals surface area (Å²) in [5.74, 6) is -0.0245. The lowest BCUT2D eigenvalue weighted by molar-refractivity contribution is -0.123. The first kappa shape index (κ1) is 16.4. The summed E-state index contributed by atoms with van der Waals surface area (Å²) in [4.78, 5) is 26.0. The van der Waals surface area contributed by atoms with E-state index in [4.69, 9.17) is 4.74 Å². The highest BCUT2D eigenvalue weighted by Crippen LogP contribution is 2.25. The molecule has 1 fully saturated rings. The molecule has 6 nitrogen and oxygen atoms in total. The van der Waals surface area contributed by atoms with Crippen molar-refractivity contribution in [2.75, 3.05) is 18.4 Å². The van der Waals surface area contributed by atoms with Crippen LogP contribution in [0.3, 0.4) is 0 Å².